The largest absolute Gasteiger partial charge is 0.298 e. The first-order valence-electron chi connectivity index (χ1n) is 13.4. The maximum absolute atomic E-state index is 11.0. The minimum absolute atomic E-state index is 0.146. The van der Waals surface area contributed by atoms with E-state index in [1.54, 1.807) is 26.8 Å². The van der Waals surface area contributed by atoms with Gasteiger partial charge in [0.2, 0.25) is 5.78 Å². The zero-order valence-electron chi connectivity index (χ0n) is 24.3. The lowest BCUT2D eigenvalue weighted by Crippen LogP contribution is -2.43. The second-order valence-electron chi connectivity index (χ2n) is 10.0. The molecular formula is C28H52N4O4. The molecule has 3 atom stereocenters. The van der Waals surface area contributed by atoms with Crippen molar-refractivity contribution in [1.29, 1.82) is 0 Å². The van der Waals surface area contributed by atoms with E-state index in [1.807, 2.05) is 20.2 Å². The summed E-state index contributed by atoms with van der Waals surface area (Å²) in [7, 11) is 2.02. The molecule has 2 fully saturated rings. The van der Waals surface area contributed by atoms with Gasteiger partial charge in [-0.15, -0.1) is 16.6 Å². The summed E-state index contributed by atoms with van der Waals surface area (Å²) in [6.07, 6.45) is 12.4. The average molecular weight is 509 g/mol. The van der Waals surface area contributed by atoms with Crippen LogP contribution in [0, 0.1) is 22.7 Å². The first-order chi connectivity index (χ1) is 16.9. The molecule has 3 aliphatic rings. The van der Waals surface area contributed by atoms with E-state index in [4.69, 9.17) is 0 Å². The molecule has 1 aliphatic carbocycles. The number of allylic oxidation sites excluding steroid dienone is 1. The van der Waals surface area contributed by atoms with Crippen LogP contribution in [0.1, 0.15) is 100 Å². The maximum Gasteiger partial charge on any atom is 0.200 e. The number of likely N-dealkylation sites (tertiary alicyclic amines) is 1. The van der Waals surface area contributed by atoms with E-state index in [9.17, 15) is 19.3 Å². The van der Waals surface area contributed by atoms with Gasteiger partial charge in [0.25, 0.3) is 0 Å². The summed E-state index contributed by atoms with van der Waals surface area (Å²) in [6.45, 7) is 19.1. The van der Waals surface area contributed by atoms with E-state index in [0.29, 0.717) is 17.6 Å². The molecule has 0 N–H and O–H groups in total. The van der Waals surface area contributed by atoms with Gasteiger partial charge in [-0.1, -0.05) is 66.4 Å². The number of hydrogen-bond acceptors (Lipinski definition) is 7. The number of rotatable bonds is 5. The lowest BCUT2D eigenvalue weighted by Gasteiger charge is -2.34. The van der Waals surface area contributed by atoms with E-state index in [-0.39, 0.29) is 29.6 Å². The summed E-state index contributed by atoms with van der Waals surface area (Å²) in [6, 6.07) is 0.405. The Labute approximate surface area is 219 Å². The van der Waals surface area contributed by atoms with Crippen LogP contribution >= 0.6 is 0 Å². The lowest BCUT2D eigenvalue weighted by molar-refractivity contribution is -0.137. The zero-order chi connectivity index (χ0) is 28.3. The minimum atomic E-state index is -0.347. The molecule has 0 aromatic rings. The second kappa shape index (κ2) is 20.9. The maximum atomic E-state index is 11.0. The van der Waals surface area contributed by atoms with Gasteiger partial charge in [0.1, 0.15) is 11.8 Å². The Balaban J connectivity index is 0. The molecule has 36 heavy (non-hydrogen) atoms. The van der Waals surface area contributed by atoms with E-state index in [1.165, 1.54) is 57.0 Å². The van der Waals surface area contributed by atoms with E-state index >= 15 is 0 Å². The van der Waals surface area contributed by atoms with Crippen LogP contribution < -0.4 is 0 Å². The highest BCUT2D eigenvalue weighted by Gasteiger charge is 2.33. The van der Waals surface area contributed by atoms with Gasteiger partial charge >= 0.3 is 0 Å². The third-order valence-corrected chi connectivity index (χ3v) is 6.06. The van der Waals surface area contributed by atoms with Crippen LogP contribution in [0.4, 0.5) is 0 Å². The molecule has 208 valence electrons. The highest BCUT2D eigenvalue weighted by molar-refractivity contribution is 6.36. The molecule has 2 aliphatic heterocycles. The number of likely N-dealkylation sites (N-methyl/N-ethyl adjacent to an activating group) is 1. The Morgan fingerprint density at radius 2 is 1.61 bits per heavy atom. The van der Waals surface area contributed by atoms with Crippen LogP contribution in [0.5, 0.6) is 0 Å². The summed E-state index contributed by atoms with van der Waals surface area (Å²) in [4.78, 5) is 44.1. The first-order valence-corrected chi connectivity index (χ1v) is 13.4. The summed E-state index contributed by atoms with van der Waals surface area (Å²) in [5.74, 6) is 0.710. The highest BCUT2D eigenvalue weighted by atomic mass is 16.3. The lowest BCUT2D eigenvalue weighted by atomic mass is 9.84. The number of nitroso groups, excluding NO2 is 1. The van der Waals surface area contributed by atoms with Crippen molar-refractivity contribution in [1.82, 2.24) is 10.0 Å². The zero-order valence-corrected chi connectivity index (χ0v) is 24.3. The molecule has 0 spiro atoms. The number of hydrogen-bond donors (Lipinski definition) is 0. The van der Waals surface area contributed by atoms with E-state index in [0.717, 1.165) is 6.54 Å². The van der Waals surface area contributed by atoms with Crippen molar-refractivity contribution >= 4 is 23.6 Å². The van der Waals surface area contributed by atoms with Gasteiger partial charge in [0.05, 0.1) is 17.5 Å². The molecule has 0 aromatic heterocycles. The number of ketones is 3. The number of Topliss-reactive ketones (excluding diaryl/α,β-unsaturated/α-hetero) is 3. The van der Waals surface area contributed by atoms with Crippen LogP contribution in [0.2, 0.25) is 0 Å². The van der Waals surface area contributed by atoms with Crippen LogP contribution in [-0.4, -0.2) is 59.3 Å². The normalized spacial score (nSPS) is 22.6. The van der Waals surface area contributed by atoms with Crippen LogP contribution in [0.3, 0.4) is 0 Å². The molecule has 1 saturated heterocycles. The van der Waals surface area contributed by atoms with Crippen molar-refractivity contribution in [2.24, 2.45) is 28.1 Å². The van der Waals surface area contributed by atoms with Crippen LogP contribution in [0.25, 0.3) is 0 Å². The smallest absolute Gasteiger partial charge is 0.200 e. The Hall–Kier alpha value is -2.22. The van der Waals surface area contributed by atoms with Gasteiger partial charge in [-0.3, -0.25) is 19.3 Å². The third-order valence-electron chi connectivity index (χ3n) is 6.06. The van der Waals surface area contributed by atoms with Crippen molar-refractivity contribution < 1.29 is 14.4 Å². The standard InChI is InChI=1S/C8H13N3O.C8H15NO.C6H10O2.C3H8.C3H6/c12-10-11-8(6-9-11)7-4-2-1-3-5-7;1-6-4-5-9(3)8(6)7(2)10;1-4(2)6(8)5(3)7;2*1-3-2/h6-8H,1-5H2;6,8H,4-5H2,1-3H3;4H,1-3H3;3H2,1-2H3;3H,1H2,2H3/t;6-,8?;;;/m.0.../s1. The predicted octanol–water partition coefficient (Wildman–Crippen LogP) is 6.24. The average Bonchev–Trinajstić information content (AvgIpc) is 3.13. The number of hydrazone groups is 1. The fourth-order valence-corrected chi connectivity index (χ4v) is 4.32. The van der Waals surface area contributed by atoms with Gasteiger partial charge in [-0.2, -0.15) is 5.10 Å². The minimum Gasteiger partial charge on any atom is -0.298 e. The molecule has 0 amide bonds. The Bertz CT molecular complexity index is 677. The van der Waals surface area contributed by atoms with Gasteiger partial charge < -0.3 is 0 Å². The summed E-state index contributed by atoms with van der Waals surface area (Å²) in [5, 5.41) is 7.91. The molecule has 3 rings (SSSR count). The summed E-state index contributed by atoms with van der Waals surface area (Å²) in [5.41, 5.74) is 0. The summed E-state index contributed by atoms with van der Waals surface area (Å²) >= 11 is 0. The Morgan fingerprint density at radius 3 is 1.83 bits per heavy atom. The SMILES string of the molecule is C=CC.CC(=O)C(=O)C(C)C.CC(=O)C1[C@@H](C)CCN1C.CCC.O=NN1N=CC1C1CCCCC1. The fourth-order valence-electron chi connectivity index (χ4n) is 4.32. The first kappa shape index (κ1) is 35.9. The van der Waals surface area contributed by atoms with Crippen molar-refractivity contribution in [3.8, 4) is 0 Å². The number of nitrogens with zero attached hydrogens (tertiary/aromatic N) is 4. The van der Waals surface area contributed by atoms with Crippen molar-refractivity contribution in [2.45, 2.75) is 112 Å². The predicted molar refractivity (Wildman–Crippen MR) is 150 cm³/mol. The molecule has 2 heterocycles. The molecule has 8 heteroatoms. The van der Waals surface area contributed by atoms with Gasteiger partial charge in [0, 0.05) is 12.8 Å². The van der Waals surface area contributed by atoms with Gasteiger partial charge in [-0.25, -0.2) is 0 Å². The van der Waals surface area contributed by atoms with Crippen molar-refractivity contribution in [3.63, 3.8) is 0 Å². The van der Waals surface area contributed by atoms with Crippen molar-refractivity contribution in [3.05, 3.63) is 17.6 Å². The Kier molecular flexibility index (Phi) is 20.9. The van der Waals surface area contributed by atoms with Crippen LogP contribution in [0.15, 0.2) is 23.0 Å². The van der Waals surface area contributed by atoms with Crippen LogP contribution in [-0.2, 0) is 14.4 Å². The monoisotopic (exact) mass is 508 g/mol. The van der Waals surface area contributed by atoms with E-state index < -0.39 is 0 Å². The molecule has 2 unspecified atom stereocenters. The van der Waals surface area contributed by atoms with E-state index in [2.05, 4.69) is 42.6 Å². The summed E-state index contributed by atoms with van der Waals surface area (Å²) < 4.78 is 0. The third kappa shape index (κ3) is 14.4. The number of carbonyl (C=O) groups is 3. The molecular weight excluding hydrogens is 456 g/mol. The van der Waals surface area contributed by atoms with Crippen molar-refractivity contribution in [2.75, 3.05) is 13.6 Å². The molecule has 0 aromatic carbocycles. The van der Waals surface area contributed by atoms with Gasteiger partial charge in [0.15, 0.2) is 5.78 Å². The molecule has 8 nitrogen and oxygen atoms in total. The molecule has 1 saturated carbocycles. The molecule has 0 bridgehead atoms. The second-order valence-corrected chi connectivity index (χ2v) is 10.0. The quantitative estimate of drug-likeness (QED) is 0.247. The topological polar surface area (TPSA) is 99.5 Å². The van der Waals surface area contributed by atoms with Gasteiger partial charge in [-0.05, 0) is 58.5 Å². The number of carbonyl (C=O) groups excluding carboxylic acids is 3. The highest BCUT2D eigenvalue weighted by Crippen LogP contribution is 2.31. The fraction of sp³-hybridized carbons (Fsp3) is 0.786. The Morgan fingerprint density at radius 1 is 1.11 bits per heavy atom. The molecule has 0 radical (unpaired) electrons.